The molecule has 2 rings (SSSR count). The van der Waals surface area contributed by atoms with Crippen molar-refractivity contribution in [3.63, 3.8) is 0 Å². The van der Waals surface area contributed by atoms with E-state index in [9.17, 15) is 0 Å². The molecule has 1 N–H and O–H groups in total. The van der Waals surface area contributed by atoms with Crippen LogP contribution >= 0.6 is 27.3 Å². The van der Waals surface area contributed by atoms with Crippen molar-refractivity contribution in [1.29, 1.82) is 0 Å². The smallest absolute Gasteiger partial charge is 0.157 e. The summed E-state index contributed by atoms with van der Waals surface area (Å²) in [6.45, 7) is 3.28. The molecule has 0 aromatic carbocycles. The summed E-state index contributed by atoms with van der Waals surface area (Å²) in [6, 6.07) is 1.95. The number of aromatic nitrogens is 2. The Bertz CT molecular complexity index is 506. The first-order chi connectivity index (χ1) is 8.74. The first kappa shape index (κ1) is 13.5. The summed E-state index contributed by atoms with van der Waals surface area (Å²) in [4.78, 5) is 8.90. The lowest BCUT2D eigenvalue weighted by Gasteiger charge is -2.08. The van der Waals surface area contributed by atoms with Gasteiger partial charge in [-0.2, -0.15) is 11.3 Å². The van der Waals surface area contributed by atoms with E-state index in [0.717, 1.165) is 28.1 Å². The first-order valence-electron chi connectivity index (χ1n) is 5.57. The summed E-state index contributed by atoms with van der Waals surface area (Å²) >= 11 is 5.17. The molecule has 2 heterocycles. The lowest BCUT2D eigenvalue weighted by atomic mass is 10.2. The zero-order valence-corrected chi connectivity index (χ0v) is 12.6. The minimum atomic E-state index is 0.411. The molecule has 0 aliphatic carbocycles. The number of nitrogens with one attached hydrogen (secondary N) is 1. The molecule has 18 heavy (non-hydrogen) atoms. The number of hydrogen-bond donors (Lipinski definition) is 1. The molecule has 96 valence electrons. The van der Waals surface area contributed by atoms with Crippen molar-refractivity contribution in [2.75, 3.05) is 19.0 Å². The van der Waals surface area contributed by atoms with Gasteiger partial charge in [-0.05, 0) is 22.9 Å². The van der Waals surface area contributed by atoms with E-state index in [1.165, 1.54) is 0 Å². The Kier molecular flexibility index (Phi) is 4.68. The molecule has 0 spiro atoms. The van der Waals surface area contributed by atoms with Crippen LogP contribution in [0.2, 0.25) is 0 Å². The van der Waals surface area contributed by atoms with E-state index in [4.69, 9.17) is 4.74 Å². The molecule has 0 aliphatic rings. The maximum Gasteiger partial charge on any atom is 0.157 e. The number of rotatable bonds is 5. The van der Waals surface area contributed by atoms with E-state index in [0.29, 0.717) is 12.4 Å². The number of thiophene rings is 1. The van der Waals surface area contributed by atoms with Gasteiger partial charge in [-0.25, -0.2) is 9.97 Å². The molecule has 2 aromatic rings. The Morgan fingerprint density at radius 1 is 1.39 bits per heavy atom. The predicted molar refractivity (Wildman–Crippen MR) is 77.9 cm³/mol. The van der Waals surface area contributed by atoms with Gasteiger partial charge in [0, 0.05) is 40.5 Å². The second kappa shape index (κ2) is 6.26. The van der Waals surface area contributed by atoms with Crippen molar-refractivity contribution in [3.8, 4) is 11.3 Å². The van der Waals surface area contributed by atoms with Crippen LogP contribution in [0.25, 0.3) is 11.3 Å². The highest BCUT2D eigenvalue weighted by Crippen LogP contribution is 2.31. The van der Waals surface area contributed by atoms with Crippen LogP contribution in [0, 0.1) is 0 Å². The van der Waals surface area contributed by atoms with Crippen molar-refractivity contribution in [1.82, 2.24) is 9.97 Å². The zero-order chi connectivity index (χ0) is 13.0. The van der Waals surface area contributed by atoms with Crippen LogP contribution in [0.5, 0.6) is 0 Å². The molecule has 6 heteroatoms. The van der Waals surface area contributed by atoms with E-state index < -0.39 is 0 Å². The van der Waals surface area contributed by atoms with Crippen LogP contribution in [0.3, 0.4) is 0 Å². The molecule has 0 unspecified atom stereocenters. The Hall–Kier alpha value is -0.980. The fraction of sp³-hybridized carbons (Fsp3) is 0.333. The van der Waals surface area contributed by atoms with Crippen LogP contribution in [0.4, 0.5) is 5.82 Å². The van der Waals surface area contributed by atoms with Gasteiger partial charge in [0.25, 0.3) is 0 Å². The second-order valence-electron chi connectivity index (χ2n) is 3.65. The molecule has 0 aliphatic heterocycles. The molecule has 0 atom stereocenters. The Labute approximate surface area is 119 Å². The summed E-state index contributed by atoms with van der Waals surface area (Å²) in [7, 11) is 1.64. The topological polar surface area (TPSA) is 47.0 Å². The molecule has 0 fully saturated rings. The van der Waals surface area contributed by atoms with Gasteiger partial charge in [-0.3, -0.25) is 0 Å². The Morgan fingerprint density at radius 3 is 2.83 bits per heavy atom. The lowest BCUT2D eigenvalue weighted by molar-refractivity contribution is 0.178. The SMILES string of the molecule is CCNc1cc(-c2cscc2Br)nc(COC)n1. The number of halogens is 1. The normalized spacial score (nSPS) is 10.6. The summed E-state index contributed by atoms with van der Waals surface area (Å²) in [6.07, 6.45) is 0. The number of anilines is 1. The largest absolute Gasteiger partial charge is 0.377 e. The van der Waals surface area contributed by atoms with Crippen molar-refractivity contribution in [3.05, 3.63) is 27.1 Å². The van der Waals surface area contributed by atoms with Crippen LogP contribution in [0.15, 0.2) is 21.3 Å². The van der Waals surface area contributed by atoms with E-state index in [-0.39, 0.29) is 0 Å². The maximum absolute atomic E-state index is 5.10. The van der Waals surface area contributed by atoms with Gasteiger partial charge in [0.05, 0.1) is 5.69 Å². The third kappa shape index (κ3) is 3.07. The van der Waals surface area contributed by atoms with Gasteiger partial charge in [0.2, 0.25) is 0 Å². The van der Waals surface area contributed by atoms with E-state index in [2.05, 4.69) is 36.6 Å². The highest BCUT2D eigenvalue weighted by molar-refractivity contribution is 9.10. The third-order valence-corrected chi connectivity index (χ3v) is 4.00. The summed E-state index contributed by atoms with van der Waals surface area (Å²) in [5, 5.41) is 7.32. The third-order valence-electron chi connectivity index (χ3n) is 2.29. The second-order valence-corrected chi connectivity index (χ2v) is 5.25. The average Bonchev–Trinajstić information content (AvgIpc) is 2.76. The summed E-state index contributed by atoms with van der Waals surface area (Å²) < 4.78 is 6.15. The van der Waals surface area contributed by atoms with Gasteiger partial charge in [0.1, 0.15) is 12.4 Å². The predicted octanol–water partition coefficient (Wildman–Crippen LogP) is 3.55. The fourth-order valence-corrected chi connectivity index (χ4v) is 3.06. The van der Waals surface area contributed by atoms with Crippen molar-refractivity contribution in [2.24, 2.45) is 0 Å². The quantitative estimate of drug-likeness (QED) is 0.912. The van der Waals surface area contributed by atoms with Gasteiger partial charge >= 0.3 is 0 Å². The maximum atomic E-state index is 5.10. The highest BCUT2D eigenvalue weighted by atomic mass is 79.9. The number of nitrogens with zero attached hydrogens (tertiary/aromatic N) is 2. The van der Waals surface area contributed by atoms with Crippen LogP contribution in [0.1, 0.15) is 12.7 Å². The molecular formula is C12H14BrN3OS. The molecule has 0 saturated heterocycles. The molecule has 0 radical (unpaired) electrons. The molecular weight excluding hydrogens is 314 g/mol. The number of ether oxygens (including phenoxy) is 1. The molecule has 0 saturated carbocycles. The van der Waals surface area contributed by atoms with Crippen molar-refractivity contribution < 1.29 is 4.74 Å². The molecule has 0 amide bonds. The monoisotopic (exact) mass is 327 g/mol. The summed E-state index contributed by atoms with van der Waals surface area (Å²) in [5.74, 6) is 1.51. The van der Waals surface area contributed by atoms with Crippen LogP contribution in [-0.2, 0) is 11.3 Å². The van der Waals surface area contributed by atoms with Crippen LogP contribution < -0.4 is 5.32 Å². The minimum absolute atomic E-state index is 0.411. The van der Waals surface area contributed by atoms with Gasteiger partial charge < -0.3 is 10.1 Å². The average molecular weight is 328 g/mol. The van der Waals surface area contributed by atoms with E-state index in [1.54, 1.807) is 18.4 Å². The Balaban J connectivity index is 2.42. The fourth-order valence-electron chi connectivity index (χ4n) is 1.56. The van der Waals surface area contributed by atoms with E-state index in [1.807, 2.05) is 18.4 Å². The van der Waals surface area contributed by atoms with Crippen molar-refractivity contribution >= 4 is 33.1 Å². The number of hydrogen-bond acceptors (Lipinski definition) is 5. The lowest BCUT2D eigenvalue weighted by Crippen LogP contribution is -2.05. The van der Waals surface area contributed by atoms with Gasteiger partial charge in [-0.15, -0.1) is 0 Å². The van der Waals surface area contributed by atoms with E-state index >= 15 is 0 Å². The minimum Gasteiger partial charge on any atom is -0.377 e. The molecule has 4 nitrogen and oxygen atoms in total. The summed E-state index contributed by atoms with van der Waals surface area (Å²) in [5.41, 5.74) is 1.99. The molecule has 0 bridgehead atoms. The first-order valence-corrected chi connectivity index (χ1v) is 7.31. The van der Waals surface area contributed by atoms with Gasteiger partial charge in [0.15, 0.2) is 5.82 Å². The standard InChI is InChI=1S/C12H14BrN3OS/c1-3-14-11-4-10(8-6-18-7-9(8)13)15-12(16-11)5-17-2/h4,6-7H,3,5H2,1-2H3,(H,14,15,16). The number of methoxy groups -OCH3 is 1. The molecule has 2 aromatic heterocycles. The van der Waals surface area contributed by atoms with Gasteiger partial charge in [-0.1, -0.05) is 0 Å². The van der Waals surface area contributed by atoms with Crippen molar-refractivity contribution in [2.45, 2.75) is 13.5 Å². The Morgan fingerprint density at radius 2 is 2.22 bits per heavy atom. The van der Waals surface area contributed by atoms with Crippen LogP contribution in [-0.4, -0.2) is 23.6 Å². The highest BCUT2D eigenvalue weighted by Gasteiger charge is 2.10. The zero-order valence-electron chi connectivity index (χ0n) is 10.2.